The Balaban J connectivity index is 1.81. The molecule has 2 heterocycles. The number of fused-ring (bicyclic) bond motifs is 2. The maximum Gasteiger partial charge on any atom is 0.313 e. The molecule has 7 heteroatoms. The van der Waals surface area contributed by atoms with Crippen LogP contribution in [0.15, 0.2) is 35.2 Å². The number of esters is 3. The number of carbonyl (C=O) groups excluding carboxylic acids is 3. The van der Waals surface area contributed by atoms with E-state index in [1.807, 2.05) is 13.0 Å². The van der Waals surface area contributed by atoms with E-state index in [0.29, 0.717) is 12.8 Å². The van der Waals surface area contributed by atoms with Gasteiger partial charge in [0.05, 0.1) is 23.4 Å². The molecule has 1 saturated heterocycles. The van der Waals surface area contributed by atoms with Crippen molar-refractivity contribution in [1.82, 2.24) is 0 Å². The standard InChI is InChI=1S/C24H30O7/c1-14-6-5-7-20-23(11-19(31-22(23)27)18-8-9-28-12-18)15(2)10-21(30-17(4)26)24(14,20)13-29-16(3)25/h8-9,12,15,19-21H,1,5-7,10-11,13H2,2-4H3/t15-,19+,20-,21+,23-,24+/m1/s1. The van der Waals surface area contributed by atoms with Gasteiger partial charge < -0.3 is 18.6 Å². The number of furan rings is 1. The second-order valence-corrected chi connectivity index (χ2v) is 9.30. The SMILES string of the molecule is C=C1CCC[C@@H]2[C@@]3(C[C@@H](c4ccoc4)OC3=O)[C@H](C)C[C@H](OC(C)=O)[C@@]12COC(C)=O. The summed E-state index contributed by atoms with van der Waals surface area (Å²) in [6, 6.07) is 1.82. The lowest BCUT2D eigenvalue weighted by molar-refractivity contribution is -0.197. The average Bonchev–Trinajstić information content (AvgIpc) is 3.33. The van der Waals surface area contributed by atoms with E-state index in [1.54, 1.807) is 12.5 Å². The first-order valence-electron chi connectivity index (χ1n) is 10.9. The van der Waals surface area contributed by atoms with Crippen LogP contribution in [0.3, 0.4) is 0 Å². The van der Waals surface area contributed by atoms with Gasteiger partial charge in [-0.25, -0.2) is 0 Å². The fraction of sp³-hybridized carbons (Fsp3) is 0.625. The fourth-order valence-corrected chi connectivity index (χ4v) is 6.38. The van der Waals surface area contributed by atoms with Crippen LogP contribution in [-0.2, 0) is 28.6 Å². The average molecular weight is 430 g/mol. The van der Waals surface area contributed by atoms with E-state index >= 15 is 0 Å². The molecule has 2 saturated carbocycles. The lowest BCUT2D eigenvalue weighted by atomic mass is 9.44. The van der Waals surface area contributed by atoms with E-state index in [0.717, 1.165) is 30.4 Å². The highest BCUT2D eigenvalue weighted by Gasteiger charge is 2.69. The molecule has 168 valence electrons. The van der Waals surface area contributed by atoms with Crippen molar-refractivity contribution in [3.63, 3.8) is 0 Å². The van der Waals surface area contributed by atoms with Gasteiger partial charge in [0.15, 0.2) is 0 Å². The van der Waals surface area contributed by atoms with E-state index in [-0.39, 0.29) is 30.5 Å². The van der Waals surface area contributed by atoms with Crippen molar-refractivity contribution in [2.24, 2.45) is 22.7 Å². The van der Waals surface area contributed by atoms with Gasteiger partial charge in [-0.2, -0.15) is 0 Å². The van der Waals surface area contributed by atoms with Gasteiger partial charge in [-0.15, -0.1) is 0 Å². The van der Waals surface area contributed by atoms with Gasteiger partial charge in [0.2, 0.25) is 0 Å². The van der Waals surface area contributed by atoms with Crippen molar-refractivity contribution >= 4 is 17.9 Å². The van der Waals surface area contributed by atoms with Gasteiger partial charge >= 0.3 is 17.9 Å². The molecule has 3 aliphatic rings. The van der Waals surface area contributed by atoms with Crippen LogP contribution in [0, 0.1) is 22.7 Å². The molecular weight excluding hydrogens is 400 g/mol. The number of cyclic esters (lactones) is 1. The zero-order valence-electron chi connectivity index (χ0n) is 18.3. The van der Waals surface area contributed by atoms with Crippen molar-refractivity contribution in [2.45, 2.75) is 65.1 Å². The maximum atomic E-state index is 13.5. The predicted molar refractivity (Wildman–Crippen MR) is 109 cm³/mol. The van der Waals surface area contributed by atoms with Crippen LogP contribution in [0.5, 0.6) is 0 Å². The third kappa shape index (κ3) is 3.29. The first kappa shape index (κ1) is 21.7. The van der Waals surface area contributed by atoms with Crippen molar-refractivity contribution in [3.05, 3.63) is 36.3 Å². The number of rotatable bonds is 4. The Labute approximate surface area is 182 Å². The third-order valence-electron chi connectivity index (χ3n) is 7.78. The molecule has 6 atom stereocenters. The molecule has 1 aliphatic heterocycles. The smallest absolute Gasteiger partial charge is 0.313 e. The number of carbonyl (C=O) groups is 3. The summed E-state index contributed by atoms with van der Waals surface area (Å²) in [7, 11) is 0. The highest BCUT2D eigenvalue weighted by Crippen LogP contribution is 2.67. The first-order valence-corrected chi connectivity index (χ1v) is 10.9. The molecular formula is C24H30O7. The van der Waals surface area contributed by atoms with E-state index in [9.17, 15) is 14.4 Å². The van der Waals surface area contributed by atoms with E-state index in [1.165, 1.54) is 13.8 Å². The van der Waals surface area contributed by atoms with Crippen molar-refractivity contribution in [3.8, 4) is 0 Å². The summed E-state index contributed by atoms with van der Waals surface area (Å²) in [5.41, 5.74) is 0.121. The molecule has 4 rings (SSSR count). The zero-order valence-corrected chi connectivity index (χ0v) is 18.3. The highest BCUT2D eigenvalue weighted by atomic mass is 16.6. The molecule has 1 aromatic rings. The minimum atomic E-state index is -0.813. The fourth-order valence-electron chi connectivity index (χ4n) is 6.38. The van der Waals surface area contributed by atoms with E-state index in [4.69, 9.17) is 18.6 Å². The van der Waals surface area contributed by atoms with E-state index < -0.39 is 28.9 Å². The highest BCUT2D eigenvalue weighted by molar-refractivity contribution is 5.81. The summed E-state index contributed by atoms with van der Waals surface area (Å²) < 4.78 is 22.5. The van der Waals surface area contributed by atoms with E-state index in [2.05, 4.69) is 6.58 Å². The molecule has 7 nitrogen and oxygen atoms in total. The number of ether oxygens (including phenoxy) is 3. The summed E-state index contributed by atoms with van der Waals surface area (Å²) >= 11 is 0. The lowest BCUT2D eigenvalue weighted by Crippen LogP contribution is -2.63. The van der Waals surface area contributed by atoms with Gasteiger partial charge in [-0.1, -0.05) is 19.1 Å². The largest absolute Gasteiger partial charge is 0.472 e. The summed E-state index contributed by atoms with van der Waals surface area (Å²) in [5, 5.41) is 0. The second kappa shape index (κ2) is 7.84. The Kier molecular flexibility index (Phi) is 5.48. The molecule has 0 amide bonds. The molecule has 0 radical (unpaired) electrons. The topological polar surface area (TPSA) is 92.0 Å². The first-order chi connectivity index (χ1) is 14.7. The summed E-state index contributed by atoms with van der Waals surface area (Å²) in [4.78, 5) is 37.3. The Bertz CT molecular complexity index is 888. The minimum Gasteiger partial charge on any atom is -0.472 e. The minimum absolute atomic E-state index is 0.0436. The monoisotopic (exact) mass is 430 g/mol. The predicted octanol–water partition coefficient (Wildman–Crippen LogP) is 4.13. The van der Waals surface area contributed by atoms with Gasteiger partial charge in [-0.3, -0.25) is 14.4 Å². The van der Waals surface area contributed by atoms with Crippen LogP contribution < -0.4 is 0 Å². The van der Waals surface area contributed by atoms with Crippen LogP contribution in [0.2, 0.25) is 0 Å². The molecule has 0 bridgehead atoms. The van der Waals surface area contributed by atoms with Crippen molar-refractivity contribution in [2.75, 3.05) is 6.61 Å². The summed E-state index contributed by atoms with van der Waals surface area (Å²) in [6.07, 6.45) is 5.62. The maximum absolute atomic E-state index is 13.5. The lowest BCUT2D eigenvalue weighted by Gasteiger charge is -2.59. The Hall–Kier alpha value is -2.57. The second-order valence-electron chi connectivity index (χ2n) is 9.30. The van der Waals surface area contributed by atoms with Gasteiger partial charge in [0.1, 0.15) is 18.8 Å². The Morgan fingerprint density at radius 3 is 2.71 bits per heavy atom. The molecule has 1 spiro atoms. The molecule has 0 N–H and O–H groups in total. The quantitative estimate of drug-likeness (QED) is 0.403. The zero-order chi connectivity index (χ0) is 22.4. The van der Waals surface area contributed by atoms with Crippen LogP contribution in [0.25, 0.3) is 0 Å². The Morgan fingerprint density at radius 1 is 1.29 bits per heavy atom. The van der Waals surface area contributed by atoms with Crippen molar-refractivity contribution < 1.29 is 33.0 Å². The van der Waals surface area contributed by atoms with Crippen LogP contribution in [0.1, 0.15) is 64.5 Å². The van der Waals surface area contributed by atoms with Crippen LogP contribution >= 0.6 is 0 Å². The number of hydrogen-bond donors (Lipinski definition) is 0. The van der Waals surface area contributed by atoms with Gasteiger partial charge in [0, 0.05) is 25.8 Å². The molecule has 31 heavy (non-hydrogen) atoms. The normalized spacial score (nSPS) is 37.3. The molecule has 3 fully saturated rings. The van der Waals surface area contributed by atoms with Gasteiger partial charge in [-0.05, 0) is 43.6 Å². The summed E-state index contributed by atoms with van der Waals surface area (Å²) in [6.45, 7) is 9.15. The number of hydrogen-bond acceptors (Lipinski definition) is 7. The molecule has 0 aromatic carbocycles. The van der Waals surface area contributed by atoms with Crippen molar-refractivity contribution in [1.29, 1.82) is 0 Å². The molecule has 2 aliphatic carbocycles. The summed E-state index contributed by atoms with van der Waals surface area (Å²) in [5.74, 6) is -1.33. The van der Waals surface area contributed by atoms with Crippen LogP contribution in [-0.4, -0.2) is 30.6 Å². The molecule has 0 unspecified atom stereocenters. The third-order valence-corrected chi connectivity index (χ3v) is 7.78. The van der Waals surface area contributed by atoms with Crippen LogP contribution in [0.4, 0.5) is 0 Å². The molecule has 1 aromatic heterocycles. The van der Waals surface area contributed by atoms with Gasteiger partial charge in [0.25, 0.3) is 0 Å². The Morgan fingerprint density at radius 2 is 2.06 bits per heavy atom.